The van der Waals surface area contributed by atoms with Crippen LogP contribution in [0.4, 0.5) is 0 Å². The van der Waals surface area contributed by atoms with E-state index < -0.39 is 0 Å². The molecular formula is C18H23NO2. The van der Waals surface area contributed by atoms with Gasteiger partial charge in [-0.3, -0.25) is 0 Å². The van der Waals surface area contributed by atoms with E-state index in [1.54, 1.807) is 7.11 Å². The first kappa shape index (κ1) is 15.5. The molecule has 0 bridgehead atoms. The van der Waals surface area contributed by atoms with Crippen LogP contribution in [0.25, 0.3) is 0 Å². The summed E-state index contributed by atoms with van der Waals surface area (Å²) < 4.78 is 10.9. The standard InChI is InChI=1S/C18H23NO2/c1-14(11-19)17-7-3-15(4-8-17)12-21-13-16-5-9-18(20-2)10-6-16/h3-10,14H,11-13,19H2,1-2H3. The third-order valence-corrected chi connectivity index (χ3v) is 3.60. The minimum atomic E-state index is 0.402. The molecule has 2 aromatic carbocycles. The predicted octanol–water partition coefficient (Wildman–Crippen LogP) is 3.47. The van der Waals surface area contributed by atoms with Gasteiger partial charge in [-0.15, -0.1) is 0 Å². The SMILES string of the molecule is COc1ccc(COCc2ccc(C(C)CN)cc2)cc1. The molecule has 2 aromatic rings. The zero-order valence-electron chi connectivity index (χ0n) is 12.7. The van der Waals surface area contributed by atoms with Crippen molar-refractivity contribution < 1.29 is 9.47 Å². The molecule has 112 valence electrons. The highest BCUT2D eigenvalue weighted by atomic mass is 16.5. The lowest BCUT2D eigenvalue weighted by molar-refractivity contribution is 0.107. The average molecular weight is 285 g/mol. The molecular weight excluding hydrogens is 262 g/mol. The summed E-state index contributed by atoms with van der Waals surface area (Å²) >= 11 is 0. The molecule has 2 N–H and O–H groups in total. The molecule has 0 saturated carbocycles. The minimum Gasteiger partial charge on any atom is -0.497 e. The molecule has 3 heteroatoms. The zero-order valence-corrected chi connectivity index (χ0v) is 12.7. The molecule has 0 fully saturated rings. The van der Waals surface area contributed by atoms with Crippen molar-refractivity contribution in [2.24, 2.45) is 5.73 Å². The first-order chi connectivity index (χ1) is 10.2. The third kappa shape index (κ3) is 4.59. The van der Waals surface area contributed by atoms with Crippen LogP contribution in [0, 0.1) is 0 Å². The quantitative estimate of drug-likeness (QED) is 0.847. The fraction of sp³-hybridized carbons (Fsp3) is 0.333. The van der Waals surface area contributed by atoms with Crippen LogP contribution >= 0.6 is 0 Å². The molecule has 0 aliphatic carbocycles. The maximum absolute atomic E-state index is 5.74. The van der Waals surface area contributed by atoms with E-state index in [0.29, 0.717) is 25.7 Å². The Morgan fingerprint density at radius 1 is 0.905 bits per heavy atom. The van der Waals surface area contributed by atoms with Gasteiger partial charge < -0.3 is 15.2 Å². The molecule has 1 atom stereocenters. The highest BCUT2D eigenvalue weighted by Gasteiger charge is 2.03. The Morgan fingerprint density at radius 2 is 1.43 bits per heavy atom. The Bertz CT molecular complexity index is 534. The highest BCUT2D eigenvalue weighted by Crippen LogP contribution is 2.16. The van der Waals surface area contributed by atoms with Crippen molar-refractivity contribution in [3.05, 3.63) is 65.2 Å². The van der Waals surface area contributed by atoms with E-state index in [0.717, 1.165) is 11.3 Å². The van der Waals surface area contributed by atoms with E-state index in [1.807, 2.05) is 24.3 Å². The van der Waals surface area contributed by atoms with Gasteiger partial charge in [0.25, 0.3) is 0 Å². The number of rotatable bonds is 7. The Labute approximate surface area is 126 Å². The molecule has 2 rings (SSSR count). The highest BCUT2D eigenvalue weighted by molar-refractivity contribution is 5.27. The summed E-state index contributed by atoms with van der Waals surface area (Å²) in [4.78, 5) is 0. The van der Waals surface area contributed by atoms with Crippen molar-refractivity contribution >= 4 is 0 Å². The largest absolute Gasteiger partial charge is 0.497 e. The summed E-state index contributed by atoms with van der Waals surface area (Å²) in [5.41, 5.74) is 9.27. The summed E-state index contributed by atoms with van der Waals surface area (Å²) in [5, 5.41) is 0. The van der Waals surface area contributed by atoms with Gasteiger partial charge in [0.2, 0.25) is 0 Å². The second-order valence-corrected chi connectivity index (χ2v) is 5.22. The van der Waals surface area contributed by atoms with E-state index >= 15 is 0 Å². The van der Waals surface area contributed by atoms with E-state index in [2.05, 4.69) is 31.2 Å². The van der Waals surface area contributed by atoms with Crippen LogP contribution in [0.15, 0.2) is 48.5 Å². The Kier molecular flexibility index (Phi) is 5.78. The van der Waals surface area contributed by atoms with E-state index in [-0.39, 0.29) is 0 Å². The Morgan fingerprint density at radius 3 is 1.90 bits per heavy atom. The van der Waals surface area contributed by atoms with Crippen LogP contribution in [0.3, 0.4) is 0 Å². The molecule has 0 radical (unpaired) electrons. The molecule has 1 unspecified atom stereocenters. The van der Waals surface area contributed by atoms with Crippen molar-refractivity contribution in [2.75, 3.05) is 13.7 Å². The molecule has 3 nitrogen and oxygen atoms in total. The molecule has 0 aliphatic heterocycles. The number of methoxy groups -OCH3 is 1. The maximum Gasteiger partial charge on any atom is 0.118 e. The molecule has 0 heterocycles. The molecule has 0 spiro atoms. The Hall–Kier alpha value is -1.84. The van der Waals surface area contributed by atoms with Crippen LogP contribution in [-0.2, 0) is 18.0 Å². The van der Waals surface area contributed by atoms with Crippen molar-refractivity contribution in [1.82, 2.24) is 0 Å². The summed E-state index contributed by atoms with van der Waals surface area (Å²) in [6.45, 7) is 4.02. The van der Waals surface area contributed by atoms with Gasteiger partial charge >= 0.3 is 0 Å². The van der Waals surface area contributed by atoms with Gasteiger partial charge in [-0.25, -0.2) is 0 Å². The fourth-order valence-electron chi connectivity index (χ4n) is 2.09. The van der Waals surface area contributed by atoms with Crippen LogP contribution in [-0.4, -0.2) is 13.7 Å². The topological polar surface area (TPSA) is 44.5 Å². The van der Waals surface area contributed by atoms with Gasteiger partial charge in [-0.1, -0.05) is 43.3 Å². The lowest BCUT2D eigenvalue weighted by Gasteiger charge is -2.10. The second-order valence-electron chi connectivity index (χ2n) is 5.22. The van der Waals surface area contributed by atoms with Crippen molar-refractivity contribution in [3.63, 3.8) is 0 Å². The van der Waals surface area contributed by atoms with E-state index in [4.69, 9.17) is 15.2 Å². The minimum absolute atomic E-state index is 0.402. The summed E-state index contributed by atoms with van der Waals surface area (Å²) in [7, 11) is 1.67. The van der Waals surface area contributed by atoms with Gasteiger partial charge in [0, 0.05) is 0 Å². The van der Waals surface area contributed by atoms with Crippen LogP contribution in [0.1, 0.15) is 29.5 Å². The van der Waals surface area contributed by atoms with Gasteiger partial charge in [0.05, 0.1) is 20.3 Å². The normalized spacial score (nSPS) is 12.1. The van der Waals surface area contributed by atoms with Crippen LogP contribution in [0.2, 0.25) is 0 Å². The molecule has 0 aromatic heterocycles. The maximum atomic E-state index is 5.74. The number of hydrogen-bond donors (Lipinski definition) is 1. The van der Waals surface area contributed by atoms with Gasteiger partial charge in [0.1, 0.15) is 5.75 Å². The lowest BCUT2D eigenvalue weighted by atomic mass is 10.0. The van der Waals surface area contributed by atoms with Crippen molar-refractivity contribution in [1.29, 1.82) is 0 Å². The molecule has 0 aliphatic rings. The first-order valence-corrected chi connectivity index (χ1v) is 7.22. The van der Waals surface area contributed by atoms with Crippen LogP contribution in [0.5, 0.6) is 5.75 Å². The molecule has 0 saturated heterocycles. The monoisotopic (exact) mass is 285 g/mol. The van der Waals surface area contributed by atoms with Crippen LogP contribution < -0.4 is 10.5 Å². The zero-order chi connectivity index (χ0) is 15.1. The molecule has 0 amide bonds. The number of hydrogen-bond acceptors (Lipinski definition) is 3. The second kappa shape index (κ2) is 7.81. The number of nitrogens with two attached hydrogens (primary N) is 1. The smallest absolute Gasteiger partial charge is 0.118 e. The van der Waals surface area contributed by atoms with Crippen molar-refractivity contribution in [2.45, 2.75) is 26.1 Å². The first-order valence-electron chi connectivity index (χ1n) is 7.22. The summed E-state index contributed by atoms with van der Waals surface area (Å²) in [6.07, 6.45) is 0. The summed E-state index contributed by atoms with van der Waals surface area (Å²) in [6, 6.07) is 16.4. The van der Waals surface area contributed by atoms with E-state index in [9.17, 15) is 0 Å². The van der Waals surface area contributed by atoms with Crippen molar-refractivity contribution in [3.8, 4) is 5.75 Å². The summed E-state index contributed by atoms with van der Waals surface area (Å²) in [5.74, 6) is 1.27. The van der Waals surface area contributed by atoms with Gasteiger partial charge in [0.15, 0.2) is 0 Å². The number of benzene rings is 2. The number of ether oxygens (including phenoxy) is 2. The third-order valence-electron chi connectivity index (χ3n) is 3.60. The predicted molar refractivity (Wildman–Crippen MR) is 85.4 cm³/mol. The van der Waals surface area contributed by atoms with Gasteiger partial charge in [-0.2, -0.15) is 0 Å². The Balaban J connectivity index is 1.82. The fourth-order valence-corrected chi connectivity index (χ4v) is 2.09. The van der Waals surface area contributed by atoms with E-state index in [1.165, 1.54) is 11.1 Å². The van der Waals surface area contributed by atoms with Gasteiger partial charge in [-0.05, 0) is 41.3 Å². The lowest BCUT2D eigenvalue weighted by Crippen LogP contribution is -2.08. The molecule has 21 heavy (non-hydrogen) atoms. The average Bonchev–Trinajstić information content (AvgIpc) is 2.55.